The molecule has 0 heterocycles. The first kappa shape index (κ1) is 18.0. The van der Waals surface area contributed by atoms with Crippen molar-refractivity contribution in [2.75, 3.05) is 0 Å². The van der Waals surface area contributed by atoms with E-state index in [1.165, 1.54) is 18.2 Å². The molecule has 6 heteroatoms. The maximum atomic E-state index is 14.0. The van der Waals surface area contributed by atoms with E-state index in [-0.39, 0.29) is 35.1 Å². The van der Waals surface area contributed by atoms with E-state index in [9.17, 15) is 27.5 Å². The van der Waals surface area contributed by atoms with Crippen LogP contribution in [-0.2, 0) is 6.42 Å². The van der Waals surface area contributed by atoms with Crippen LogP contribution in [0.2, 0.25) is 0 Å². The number of benzene rings is 2. The molecule has 2 rings (SSSR count). The van der Waals surface area contributed by atoms with Gasteiger partial charge in [-0.25, -0.2) is 22.4 Å². The molecule has 0 spiro atoms. The molecule has 0 bridgehead atoms. The highest BCUT2D eigenvalue weighted by Crippen LogP contribution is 2.31. The van der Waals surface area contributed by atoms with Crippen LogP contribution in [0.25, 0.3) is 11.1 Å². The van der Waals surface area contributed by atoms with Crippen molar-refractivity contribution in [2.45, 2.75) is 32.4 Å². The largest absolute Gasteiger partial charge is 0.478 e. The van der Waals surface area contributed by atoms with Crippen LogP contribution < -0.4 is 0 Å². The summed E-state index contributed by atoms with van der Waals surface area (Å²) < 4.78 is 54.2. The number of carbonyl (C=O) groups is 1. The van der Waals surface area contributed by atoms with E-state index in [2.05, 4.69) is 0 Å². The smallest absolute Gasteiger partial charge is 0.335 e. The van der Waals surface area contributed by atoms with Gasteiger partial charge in [-0.2, -0.15) is 0 Å². The summed E-state index contributed by atoms with van der Waals surface area (Å²) in [5.74, 6) is -5.65. The fourth-order valence-electron chi connectivity index (χ4n) is 2.63. The highest BCUT2D eigenvalue weighted by molar-refractivity contribution is 5.92. The van der Waals surface area contributed by atoms with Crippen LogP contribution in [0.15, 0.2) is 30.3 Å². The van der Waals surface area contributed by atoms with Crippen LogP contribution in [-0.4, -0.2) is 17.2 Å². The average Bonchev–Trinajstić information content (AvgIpc) is 2.52. The first-order valence-electron chi connectivity index (χ1n) is 7.49. The quantitative estimate of drug-likeness (QED) is 0.583. The normalized spacial score (nSPS) is 12.2. The van der Waals surface area contributed by atoms with Gasteiger partial charge < -0.3 is 5.11 Å². The van der Waals surface area contributed by atoms with Crippen LogP contribution in [0.3, 0.4) is 0 Å². The molecule has 24 heavy (non-hydrogen) atoms. The monoisotopic (exact) mass is 340 g/mol. The number of carboxylic acid groups (broad SMARTS) is 1. The van der Waals surface area contributed by atoms with Gasteiger partial charge >= 0.3 is 5.97 Å². The molecular weight excluding hydrogens is 324 g/mol. The van der Waals surface area contributed by atoms with E-state index >= 15 is 0 Å². The predicted octanol–water partition coefficient (Wildman–Crippen LogP) is 5.15. The number of rotatable bonds is 6. The lowest BCUT2D eigenvalue weighted by atomic mass is 9.91. The van der Waals surface area contributed by atoms with Gasteiger partial charge in [-0.15, -0.1) is 0 Å². The number of hydrogen-bond acceptors (Lipinski definition) is 1. The summed E-state index contributed by atoms with van der Waals surface area (Å²) >= 11 is 0. The topological polar surface area (TPSA) is 37.3 Å². The van der Waals surface area contributed by atoms with E-state index in [1.807, 2.05) is 0 Å². The van der Waals surface area contributed by atoms with Gasteiger partial charge in [0.1, 0.15) is 6.17 Å². The number of carboxylic acids is 1. The van der Waals surface area contributed by atoms with Gasteiger partial charge in [-0.3, -0.25) is 0 Å². The molecule has 2 aromatic carbocycles. The van der Waals surface area contributed by atoms with Crippen LogP contribution in [0.1, 0.15) is 35.7 Å². The van der Waals surface area contributed by atoms with E-state index in [0.717, 1.165) is 12.1 Å². The van der Waals surface area contributed by atoms with Crippen molar-refractivity contribution in [2.24, 2.45) is 0 Å². The Morgan fingerprint density at radius 3 is 2.33 bits per heavy atom. The molecule has 1 unspecified atom stereocenters. The van der Waals surface area contributed by atoms with Gasteiger partial charge in [-0.05, 0) is 41.3 Å². The zero-order valence-electron chi connectivity index (χ0n) is 13.0. The molecule has 0 aliphatic rings. The highest BCUT2D eigenvalue weighted by atomic mass is 19.2. The highest BCUT2D eigenvalue weighted by Gasteiger charge is 2.20. The Morgan fingerprint density at radius 1 is 1.17 bits per heavy atom. The molecule has 0 aliphatic carbocycles. The Balaban J connectivity index is 2.61. The zero-order valence-corrected chi connectivity index (χ0v) is 13.0. The fraction of sp³-hybridized carbons (Fsp3) is 0.278. The SMILES string of the molecule is CCCC(F)Cc1c(C(=O)O)cccc1-c1cc(F)c(F)c(F)c1. The number of hydrogen-bond donors (Lipinski definition) is 1. The van der Waals surface area contributed by atoms with Gasteiger partial charge in [0.25, 0.3) is 0 Å². The standard InChI is InChI=1S/C18H16F4O2/c1-2-4-11(19)9-14-12(5-3-6-13(14)18(23)24)10-7-15(20)17(22)16(21)8-10/h3,5-8,11H,2,4,9H2,1H3,(H,23,24). The Morgan fingerprint density at radius 2 is 1.79 bits per heavy atom. The van der Waals surface area contributed by atoms with Crippen molar-refractivity contribution < 1.29 is 27.5 Å². The molecule has 0 saturated heterocycles. The summed E-state index contributed by atoms with van der Waals surface area (Å²) in [4.78, 5) is 11.4. The summed E-state index contributed by atoms with van der Waals surface area (Å²) in [6.45, 7) is 1.79. The van der Waals surface area contributed by atoms with Crippen molar-refractivity contribution in [3.63, 3.8) is 0 Å². The van der Waals surface area contributed by atoms with Crippen molar-refractivity contribution in [3.05, 3.63) is 58.9 Å². The Hall–Kier alpha value is -2.37. The number of aromatic carboxylic acids is 1. The minimum atomic E-state index is -1.61. The fourth-order valence-corrected chi connectivity index (χ4v) is 2.63. The molecule has 0 saturated carbocycles. The molecule has 1 atom stereocenters. The summed E-state index contributed by atoms with van der Waals surface area (Å²) in [7, 11) is 0. The molecule has 2 aromatic rings. The molecule has 0 fully saturated rings. The third-order valence-electron chi connectivity index (χ3n) is 3.73. The van der Waals surface area contributed by atoms with E-state index in [4.69, 9.17) is 0 Å². The summed E-state index contributed by atoms with van der Waals surface area (Å²) in [5, 5.41) is 9.30. The van der Waals surface area contributed by atoms with Crippen LogP contribution in [0.4, 0.5) is 17.6 Å². The molecule has 0 radical (unpaired) electrons. The average molecular weight is 340 g/mol. The second kappa shape index (κ2) is 7.47. The van der Waals surface area contributed by atoms with Crippen LogP contribution in [0.5, 0.6) is 0 Å². The molecule has 1 N–H and O–H groups in total. The lowest BCUT2D eigenvalue weighted by Crippen LogP contribution is -2.11. The van der Waals surface area contributed by atoms with Gasteiger partial charge in [0.15, 0.2) is 17.5 Å². The minimum absolute atomic E-state index is 0.0341. The molecular formula is C18H16F4O2. The summed E-state index contributed by atoms with van der Waals surface area (Å²) in [6.07, 6.45) is -0.679. The maximum Gasteiger partial charge on any atom is 0.335 e. The van der Waals surface area contributed by atoms with Crippen molar-refractivity contribution >= 4 is 5.97 Å². The second-order valence-corrected chi connectivity index (χ2v) is 5.48. The van der Waals surface area contributed by atoms with Crippen molar-refractivity contribution in [1.29, 1.82) is 0 Å². The Bertz CT molecular complexity index is 736. The van der Waals surface area contributed by atoms with E-state index in [0.29, 0.717) is 6.42 Å². The second-order valence-electron chi connectivity index (χ2n) is 5.48. The van der Waals surface area contributed by atoms with E-state index < -0.39 is 29.6 Å². The minimum Gasteiger partial charge on any atom is -0.478 e. The summed E-state index contributed by atoms with van der Waals surface area (Å²) in [5.41, 5.74) is 0.132. The van der Waals surface area contributed by atoms with Gasteiger partial charge in [-0.1, -0.05) is 25.5 Å². The molecule has 0 aliphatic heterocycles. The number of halogens is 4. The molecule has 128 valence electrons. The van der Waals surface area contributed by atoms with Crippen molar-refractivity contribution in [3.8, 4) is 11.1 Å². The first-order chi connectivity index (χ1) is 11.3. The number of alkyl halides is 1. The lowest BCUT2D eigenvalue weighted by molar-refractivity contribution is 0.0695. The maximum absolute atomic E-state index is 14.0. The van der Waals surface area contributed by atoms with Gasteiger partial charge in [0, 0.05) is 6.42 Å². The van der Waals surface area contributed by atoms with Crippen LogP contribution >= 0.6 is 0 Å². The zero-order chi connectivity index (χ0) is 17.9. The van der Waals surface area contributed by atoms with Gasteiger partial charge in [0.2, 0.25) is 0 Å². The molecule has 0 amide bonds. The van der Waals surface area contributed by atoms with Crippen molar-refractivity contribution in [1.82, 2.24) is 0 Å². The first-order valence-corrected chi connectivity index (χ1v) is 7.49. The Labute approximate surface area is 136 Å². The van der Waals surface area contributed by atoms with Crippen LogP contribution in [0, 0.1) is 17.5 Å². The van der Waals surface area contributed by atoms with E-state index in [1.54, 1.807) is 6.92 Å². The lowest BCUT2D eigenvalue weighted by Gasteiger charge is -2.15. The summed E-state index contributed by atoms with van der Waals surface area (Å²) in [6, 6.07) is 5.68. The molecule has 0 aromatic heterocycles. The third-order valence-corrected chi connectivity index (χ3v) is 3.73. The third kappa shape index (κ3) is 3.75. The predicted molar refractivity (Wildman–Crippen MR) is 82.2 cm³/mol. The molecule has 2 nitrogen and oxygen atoms in total. The Kier molecular flexibility index (Phi) is 5.59. The van der Waals surface area contributed by atoms with Gasteiger partial charge in [0.05, 0.1) is 5.56 Å².